The zero-order valence-corrected chi connectivity index (χ0v) is 8.51. The minimum atomic E-state index is -0.573. The molecule has 0 aliphatic heterocycles. The van der Waals surface area contributed by atoms with Crippen LogP contribution in [0.25, 0.3) is 0 Å². The molecular formula is C8H17N3O2. The lowest BCUT2D eigenvalue weighted by Crippen LogP contribution is -2.46. The third-order valence-electron chi connectivity index (χ3n) is 1.81. The molecule has 0 amide bonds. The zero-order valence-electron chi connectivity index (χ0n) is 8.51. The summed E-state index contributed by atoms with van der Waals surface area (Å²) in [7, 11) is 0. The van der Waals surface area contributed by atoms with Crippen LogP contribution in [0, 0.1) is 5.41 Å². The van der Waals surface area contributed by atoms with Crippen molar-refractivity contribution in [3.05, 3.63) is 0 Å². The van der Waals surface area contributed by atoms with Crippen LogP contribution in [0.2, 0.25) is 0 Å². The molecule has 0 aromatic heterocycles. The van der Waals surface area contributed by atoms with Gasteiger partial charge in [-0.25, -0.2) is 0 Å². The molecular weight excluding hydrogens is 170 g/mol. The van der Waals surface area contributed by atoms with Crippen molar-refractivity contribution in [1.29, 1.82) is 5.41 Å². The van der Waals surface area contributed by atoms with E-state index in [-0.39, 0.29) is 5.90 Å². The molecule has 0 aliphatic carbocycles. The van der Waals surface area contributed by atoms with Gasteiger partial charge in [0.15, 0.2) is 0 Å². The van der Waals surface area contributed by atoms with Crippen LogP contribution >= 0.6 is 0 Å². The maximum atomic E-state index is 8.53. The second kappa shape index (κ2) is 4.81. The highest BCUT2D eigenvalue weighted by molar-refractivity contribution is 5.90. The first-order chi connectivity index (χ1) is 5.94. The molecule has 0 spiro atoms. The monoisotopic (exact) mass is 187 g/mol. The van der Waals surface area contributed by atoms with Gasteiger partial charge < -0.3 is 10.0 Å². The molecule has 0 aromatic rings. The van der Waals surface area contributed by atoms with E-state index in [9.17, 15) is 0 Å². The van der Waals surface area contributed by atoms with E-state index in [1.807, 2.05) is 6.92 Å². The Morgan fingerprint density at radius 3 is 2.54 bits per heavy atom. The summed E-state index contributed by atoms with van der Waals surface area (Å²) in [5.74, 6) is 0.152. The van der Waals surface area contributed by atoms with Crippen molar-refractivity contribution in [2.24, 2.45) is 5.16 Å². The maximum absolute atomic E-state index is 8.53. The van der Waals surface area contributed by atoms with Crippen LogP contribution in [0.1, 0.15) is 34.1 Å². The Balaban J connectivity index is 4.11. The molecule has 0 atom stereocenters. The molecule has 5 heteroatoms. The molecule has 0 bridgehead atoms. The minimum Gasteiger partial charge on any atom is -0.411 e. The Morgan fingerprint density at radius 1 is 1.62 bits per heavy atom. The fourth-order valence-electron chi connectivity index (χ4n) is 0.460. The van der Waals surface area contributed by atoms with Crippen LogP contribution < -0.4 is 5.48 Å². The third-order valence-corrected chi connectivity index (χ3v) is 1.81. The fourth-order valence-corrected chi connectivity index (χ4v) is 0.460. The summed E-state index contributed by atoms with van der Waals surface area (Å²) in [6, 6.07) is 0. The van der Waals surface area contributed by atoms with Crippen LogP contribution in [-0.2, 0) is 4.84 Å². The van der Waals surface area contributed by atoms with Gasteiger partial charge in [-0.3, -0.25) is 5.41 Å². The number of hydrogen-bond acceptors (Lipinski definition) is 5. The van der Waals surface area contributed by atoms with E-state index in [2.05, 4.69) is 10.6 Å². The molecule has 0 heterocycles. The Morgan fingerprint density at radius 2 is 2.15 bits per heavy atom. The second-order valence-corrected chi connectivity index (χ2v) is 3.29. The lowest BCUT2D eigenvalue weighted by atomic mass is 10.0. The van der Waals surface area contributed by atoms with E-state index >= 15 is 0 Å². The summed E-state index contributed by atoms with van der Waals surface area (Å²) < 4.78 is 0. The number of rotatable bonds is 4. The second-order valence-electron chi connectivity index (χ2n) is 3.29. The lowest BCUT2D eigenvalue weighted by molar-refractivity contribution is 0.122. The number of oxime groups is 1. The maximum Gasteiger partial charge on any atom is 0.206 e. The summed E-state index contributed by atoms with van der Waals surface area (Å²) in [5.41, 5.74) is 2.57. The van der Waals surface area contributed by atoms with Crippen LogP contribution in [0.4, 0.5) is 0 Å². The van der Waals surface area contributed by atoms with Gasteiger partial charge in [-0.2, -0.15) is 0 Å². The Hall–Kier alpha value is -1.10. The summed E-state index contributed by atoms with van der Waals surface area (Å²) in [6.07, 6.45) is 0.526. The number of nitrogens with one attached hydrogen (secondary N) is 2. The summed E-state index contributed by atoms with van der Waals surface area (Å²) in [5, 5.41) is 18.8. The minimum absolute atomic E-state index is 0.152. The van der Waals surface area contributed by atoms with Crippen LogP contribution in [-0.4, -0.2) is 22.4 Å². The number of hydrogen-bond donors (Lipinski definition) is 3. The van der Waals surface area contributed by atoms with Gasteiger partial charge in [-0.05, 0) is 20.8 Å². The van der Waals surface area contributed by atoms with Gasteiger partial charge in [0.25, 0.3) is 0 Å². The molecule has 0 rings (SSSR count). The number of hydroxylamine groups is 1. The van der Waals surface area contributed by atoms with Gasteiger partial charge in [0.2, 0.25) is 5.90 Å². The molecule has 5 nitrogen and oxygen atoms in total. The number of nitrogens with zero attached hydrogens (tertiary/aromatic N) is 1. The highest BCUT2D eigenvalue weighted by Gasteiger charge is 2.23. The fraction of sp³-hybridized carbons (Fsp3) is 0.750. The van der Waals surface area contributed by atoms with Gasteiger partial charge >= 0.3 is 0 Å². The first kappa shape index (κ1) is 11.9. The molecule has 0 aliphatic rings. The van der Waals surface area contributed by atoms with Crippen molar-refractivity contribution in [3.63, 3.8) is 0 Å². The van der Waals surface area contributed by atoms with Gasteiger partial charge in [-0.1, -0.05) is 12.1 Å². The highest BCUT2D eigenvalue weighted by Crippen LogP contribution is 2.05. The molecule has 3 N–H and O–H groups in total. The van der Waals surface area contributed by atoms with Crippen molar-refractivity contribution in [3.8, 4) is 0 Å². The van der Waals surface area contributed by atoms with Gasteiger partial charge in [-0.15, -0.1) is 5.48 Å². The Bertz CT molecular complexity index is 211. The van der Waals surface area contributed by atoms with Gasteiger partial charge in [0, 0.05) is 6.42 Å². The molecule has 0 saturated carbocycles. The quantitative estimate of drug-likeness (QED) is 0.270. The smallest absolute Gasteiger partial charge is 0.206 e. The molecule has 0 saturated heterocycles. The molecule has 0 unspecified atom stereocenters. The summed E-state index contributed by atoms with van der Waals surface area (Å²) >= 11 is 0. The molecule has 0 fully saturated rings. The van der Waals surface area contributed by atoms with Crippen molar-refractivity contribution in [2.45, 2.75) is 39.7 Å². The van der Waals surface area contributed by atoms with E-state index in [0.717, 1.165) is 0 Å². The zero-order chi connectivity index (χ0) is 10.5. The van der Waals surface area contributed by atoms with Crippen molar-refractivity contribution in [1.82, 2.24) is 5.48 Å². The third kappa shape index (κ3) is 3.89. The SMILES string of the molecule is CCC(=N)ONC(C)(C)/C(C)=N/O. The van der Waals surface area contributed by atoms with Crippen molar-refractivity contribution < 1.29 is 10.0 Å². The Kier molecular flexibility index (Phi) is 4.40. The molecule has 0 aromatic carbocycles. The predicted octanol–water partition coefficient (Wildman–Crippen LogP) is 1.52. The van der Waals surface area contributed by atoms with Gasteiger partial charge in [0.05, 0.1) is 11.3 Å². The lowest BCUT2D eigenvalue weighted by Gasteiger charge is -2.24. The summed E-state index contributed by atoms with van der Waals surface area (Å²) in [6.45, 7) is 7.09. The van der Waals surface area contributed by atoms with Crippen LogP contribution in [0.5, 0.6) is 0 Å². The van der Waals surface area contributed by atoms with Crippen LogP contribution in [0.15, 0.2) is 5.16 Å². The van der Waals surface area contributed by atoms with E-state index in [1.165, 1.54) is 0 Å². The largest absolute Gasteiger partial charge is 0.411 e. The topological polar surface area (TPSA) is 77.7 Å². The highest BCUT2D eigenvalue weighted by atomic mass is 16.7. The average molecular weight is 187 g/mol. The molecule has 0 radical (unpaired) electrons. The molecule has 76 valence electrons. The van der Waals surface area contributed by atoms with Crippen molar-refractivity contribution >= 4 is 11.6 Å². The van der Waals surface area contributed by atoms with E-state index in [4.69, 9.17) is 15.5 Å². The Labute approximate surface area is 78.2 Å². The van der Waals surface area contributed by atoms with Gasteiger partial charge in [0.1, 0.15) is 0 Å². The first-order valence-electron chi connectivity index (χ1n) is 4.14. The average Bonchev–Trinajstić information content (AvgIpc) is 2.12. The predicted molar refractivity (Wildman–Crippen MR) is 51.2 cm³/mol. The first-order valence-corrected chi connectivity index (χ1v) is 4.14. The van der Waals surface area contributed by atoms with Crippen LogP contribution in [0.3, 0.4) is 0 Å². The summed E-state index contributed by atoms with van der Waals surface area (Å²) in [4.78, 5) is 4.92. The van der Waals surface area contributed by atoms with Crippen molar-refractivity contribution in [2.75, 3.05) is 0 Å². The standard InChI is InChI=1S/C8H17N3O2/c1-5-7(9)13-11-8(3,4)6(2)10-12/h9,11-12H,5H2,1-4H3/b9-7?,10-6+. The van der Waals surface area contributed by atoms with E-state index < -0.39 is 5.54 Å². The van der Waals surface area contributed by atoms with E-state index in [0.29, 0.717) is 12.1 Å². The normalized spacial score (nSPS) is 12.8. The molecule has 13 heavy (non-hydrogen) atoms. The van der Waals surface area contributed by atoms with E-state index in [1.54, 1.807) is 20.8 Å².